The third-order valence-electron chi connectivity index (χ3n) is 6.84. The minimum absolute atomic E-state index is 0.460. The van der Waals surface area contributed by atoms with E-state index < -0.39 is 0 Å². The highest BCUT2D eigenvalue weighted by Gasteiger charge is 2.22. The molecule has 7 nitrogen and oxygen atoms in total. The molecule has 2 heterocycles. The first-order valence-electron chi connectivity index (χ1n) is 11.8. The number of guanidine groups is 1. The van der Waals surface area contributed by atoms with E-state index in [-0.39, 0.29) is 0 Å². The molecule has 2 aliphatic rings. The number of benzene rings is 1. The molecule has 0 amide bonds. The number of hydrogen-bond acceptors (Lipinski definition) is 4. The minimum atomic E-state index is 0.460. The summed E-state index contributed by atoms with van der Waals surface area (Å²) in [5.41, 5.74) is 2.83. The van der Waals surface area contributed by atoms with Crippen LogP contribution in [0, 0.1) is 13.8 Å². The quantitative estimate of drug-likeness (QED) is 0.552. The average molecular weight is 424 g/mol. The predicted molar refractivity (Wildman–Crippen MR) is 125 cm³/mol. The zero-order chi connectivity index (χ0) is 21.6. The largest absolute Gasteiger partial charge is 0.354 e. The smallest absolute Gasteiger partial charge is 0.192 e. The second kappa shape index (κ2) is 10.3. The lowest BCUT2D eigenvalue weighted by molar-refractivity contribution is 0.198. The number of hydrogen-bond donors (Lipinski definition) is 2. The number of rotatable bonds is 6. The number of nitrogens with one attached hydrogen (secondary N) is 2. The van der Waals surface area contributed by atoms with Crippen LogP contribution in [0.5, 0.6) is 0 Å². The molecule has 1 aliphatic heterocycles. The van der Waals surface area contributed by atoms with Gasteiger partial charge in [0.25, 0.3) is 0 Å². The van der Waals surface area contributed by atoms with Gasteiger partial charge in [-0.25, -0.2) is 4.99 Å². The van der Waals surface area contributed by atoms with Crippen molar-refractivity contribution in [3.8, 4) is 0 Å². The molecule has 168 valence electrons. The highest BCUT2D eigenvalue weighted by atomic mass is 15.3. The van der Waals surface area contributed by atoms with Crippen molar-refractivity contribution in [2.75, 3.05) is 13.1 Å². The van der Waals surface area contributed by atoms with Gasteiger partial charge in [0, 0.05) is 38.8 Å². The molecule has 1 aromatic carbocycles. The molecule has 0 unspecified atom stereocenters. The van der Waals surface area contributed by atoms with Crippen LogP contribution < -0.4 is 10.6 Å². The van der Waals surface area contributed by atoms with Crippen molar-refractivity contribution in [2.45, 2.75) is 77.5 Å². The van der Waals surface area contributed by atoms with E-state index in [2.05, 4.69) is 56.9 Å². The predicted octanol–water partition coefficient (Wildman–Crippen LogP) is 3.07. The third kappa shape index (κ3) is 5.85. The molecule has 1 aliphatic carbocycles. The lowest BCUT2D eigenvalue weighted by atomic mass is 10.0. The zero-order valence-electron chi connectivity index (χ0n) is 19.3. The Morgan fingerprint density at radius 2 is 1.68 bits per heavy atom. The lowest BCUT2D eigenvalue weighted by Crippen LogP contribution is -2.50. The molecule has 1 saturated carbocycles. The van der Waals surface area contributed by atoms with E-state index >= 15 is 0 Å². The summed E-state index contributed by atoms with van der Waals surface area (Å²) in [7, 11) is 2.00. The normalized spacial score (nSPS) is 19.1. The molecule has 0 bridgehead atoms. The summed E-state index contributed by atoms with van der Waals surface area (Å²) in [4.78, 5) is 7.46. The Hall–Kier alpha value is -2.41. The molecule has 1 saturated heterocycles. The molecule has 0 radical (unpaired) electrons. The third-order valence-corrected chi connectivity index (χ3v) is 6.84. The maximum atomic E-state index is 4.88. The molecule has 7 heteroatoms. The summed E-state index contributed by atoms with van der Waals surface area (Å²) in [6.07, 6.45) is 7.37. The fourth-order valence-corrected chi connectivity index (χ4v) is 4.59. The first-order valence-corrected chi connectivity index (χ1v) is 11.8. The second-order valence-electron chi connectivity index (χ2n) is 9.13. The minimum Gasteiger partial charge on any atom is -0.354 e. The second-order valence-corrected chi connectivity index (χ2v) is 9.13. The zero-order valence-corrected chi connectivity index (χ0v) is 19.3. The molecular weight excluding hydrogens is 386 g/mol. The van der Waals surface area contributed by atoms with E-state index in [0.717, 1.165) is 50.1 Å². The summed E-state index contributed by atoms with van der Waals surface area (Å²) in [6.45, 7) is 8.01. The van der Waals surface area contributed by atoms with Crippen molar-refractivity contribution in [1.82, 2.24) is 30.3 Å². The van der Waals surface area contributed by atoms with Gasteiger partial charge in [-0.3, -0.25) is 4.90 Å². The summed E-state index contributed by atoms with van der Waals surface area (Å²) in [5, 5.41) is 15.8. The fraction of sp³-hybridized carbons (Fsp3) is 0.625. The number of aromatic nitrogens is 3. The Balaban J connectivity index is 1.34. The standard InChI is InChI=1S/C24H37N7/c1-18-8-4-5-9-20(18)17-31-14-12-22(13-15-31)27-24(26-21-10-6-7-11-21)25-16-23-29-28-19(2)30(23)3/h4-5,8-9,21-22H,6-7,10-17H2,1-3H3,(H2,25,26,27). The van der Waals surface area contributed by atoms with Crippen LogP contribution in [0.3, 0.4) is 0 Å². The molecule has 1 aromatic heterocycles. The number of likely N-dealkylation sites (tertiary alicyclic amines) is 1. The molecule has 2 N–H and O–H groups in total. The van der Waals surface area contributed by atoms with Gasteiger partial charge in [0.15, 0.2) is 11.8 Å². The van der Waals surface area contributed by atoms with Crippen LogP contribution in [0.1, 0.15) is 61.3 Å². The van der Waals surface area contributed by atoms with Crippen molar-refractivity contribution in [2.24, 2.45) is 12.0 Å². The van der Waals surface area contributed by atoms with Crippen LogP contribution in [0.2, 0.25) is 0 Å². The van der Waals surface area contributed by atoms with Crippen LogP contribution in [-0.4, -0.2) is 50.8 Å². The summed E-state index contributed by atoms with van der Waals surface area (Å²) in [6, 6.07) is 9.72. The monoisotopic (exact) mass is 423 g/mol. The van der Waals surface area contributed by atoms with E-state index in [1.54, 1.807) is 0 Å². The van der Waals surface area contributed by atoms with Gasteiger partial charge < -0.3 is 15.2 Å². The number of aryl methyl sites for hydroxylation is 2. The van der Waals surface area contributed by atoms with E-state index in [1.807, 2.05) is 18.5 Å². The van der Waals surface area contributed by atoms with Gasteiger partial charge >= 0.3 is 0 Å². The van der Waals surface area contributed by atoms with Crippen LogP contribution in [0.25, 0.3) is 0 Å². The number of aliphatic imine (C=N–C) groups is 1. The van der Waals surface area contributed by atoms with Crippen molar-refractivity contribution >= 4 is 5.96 Å². The molecule has 4 rings (SSSR count). The van der Waals surface area contributed by atoms with Crippen molar-refractivity contribution in [3.63, 3.8) is 0 Å². The summed E-state index contributed by atoms with van der Waals surface area (Å²) < 4.78 is 2.01. The molecule has 0 spiro atoms. The first-order chi connectivity index (χ1) is 15.1. The lowest BCUT2D eigenvalue weighted by Gasteiger charge is -2.33. The molecular formula is C24H37N7. The highest BCUT2D eigenvalue weighted by molar-refractivity contribution is 5.80. The number of nitrogens with zero attached hydrogens (tertiary/aromatic N) is 5. The Bertz CT molecular complexity index is 874. The molecule has 2 aromatic rings. The van der Waals surface area contributed by atoms with Crippen LogP contribution >= 0.6 is 0 Å². The molecule has 0 atom stereocenters. The van der Waals surface area contributed by atoms with Gasteiger partial charge in [0.1, 0.15) is 12.4 Å². The van der Waals surface area contributed by atoms with Gasteiger partial charge in [-0.1, -0.05) is 37.1 Å². The van der Waals surface area contributed by atoms with Crippen molar-refractivity contribution < 1.29 is 0 Å². The summed E-state index contributed by atoms with van der Waals surface area (Å²) in [5.74, 6) is 2.76. The molecule has 2 fully saturated rings. The highest BCUT2D eigenvalue weighted by Crippen LogP contribution is 2.19. The Kier molecular flexibility index (Phi) is 7.22. The fourth-order valence-electron chi connectivity index (χ4n) is 4.59. The van der Waals surface area contributed by atoms with E-state index in [1.165, 1.54) is 36.8 Å². The first kappa shape index (κ1) is 21.8. The van der Waals surface area contributed by atoms with Crippen molar-refractivity contribution in [1.29, 1.82) is 0 Å². The Morgan fingerprint density at radius 3 is 2.32 bits per heavy atom. The van der Waals surface area contributed by atoms with Gasteiger partial charge in [-0.15, -0.1) is 10.2 Å². The maximum Gasteiger partial charge on any atom is 0.192 e. The van der Waals surface area contributed by atoms with Crippen LogP contribution in [0.4, 0.5) is 0 Å². The van der Waals surface area contributed by atoms with Crippen molar-refractivity contribution in [3.05, 3.63) is 47.0 Å². The van der Waals surface area contributed by atoms with Gasteiger partial charge in [-0.05, 0) is 50.7 Å². The van der Waals surface area contributed by atoms with Crippen LogP contribution in [-0.2, 0) is 20.1 Å². The van der Waals surface area contributed by atoms with E-state index in [0.29, 0.717) is 18.6 Å². The van der Waals surface area contributed by atoms with Crippen LogP contribution in [0.15, 0.2) is 29.3 Å². The summed E-state index contributed by atoms with van der Waals surface area (Å²) >= 11 is 0. The maximum absolute atomic E-state index is 4.88. The van der Waals surface area contributed by atoms with E-state index in [9.17, 15) is 0 Å². The Morgan fingerprint density at radius 1 is 1.00 bits per heavy atom. The van der Waals surface area contributed by atoms with Gasteiger partial charge in [0.05, 0.1) is 0 Å². The average Bonchev–Trinajstić information content (AvgIpc) is 3.40. The number of piperidine rings is 1. The van der Waals surface area contributed by atoms with E-state index in [4.69, 9.17) is 4.99 Å². The Labute approximate surface area is 186 Å². The van der Waals surface area contributed by atoms with Gasteiger partial charge in [-0.2, -0.15) is 0 Å². The van der Waals surface area contributed by atoms with Gasteiger partial charge in [0.2, 0.25) is 0 Å². The SMILES string of the molecule is Cc1ccccc1CN1CCC(NC(=NCc2nnc(C)n2C)NC2CCCC2)CC1. The molecule has 31 heavy (non-hydrogen) atoms. The topological polar surface area (TPSA) is 70.4 Å².